The Hall–Kier alpha value is -3.19. The molecule has 1 aliphatic rings. The van der Waals surface area contributed by atoms with Crippen molar-refractivity contribution in [1.82, 2.24) is 14.4 Å². The molecule has 1 saturated heterocycles. The summed E-state index contributed by atoms with van der Waals surface area (Å²) in [7, 11) is 4.88. The Bertz CT molecular complexity index is 1130. The lowest BCUT2D eigenvalue weighted by molar-refractivity contribution is 0.0629. The minimum atomic E-state index is 0.102. The zero-order valence-electron chi connectivity index (χ0n) is 20.1. The molecule has 0 saturated carbocycles. The number of amides is 1. The number of nitrogens with zero attached hydrogens (tertiary/aromatic N) is 3. The zero-order chi connectivity index (χ0) is 23.5. The molecule has 0 radical (unpaired) electrons. The van der Waals surface area contributed by atoms with Crippen molar-refractivity contribution in [2.75, 3.05) is 47.5 Å². The summed E-state index contributed by atoms with van der Waals surface area (Å²) >= 11 is 0. The Morgan fingerprint density at radius 1 is 0.909 bits per heavy atom. The van der Waals surface area contributed by atoms with Crippen LogP contribution in [-0.2, 0) is 6.54 Å². The molecule has 1 fully saturated rings. The molecule has 1 amide bonds. The third-order valence-electron chi connectivity index (χ3n) is 6.39. The van der Waals surface area contributed by atoms with Gasteiger partial charge in [0.05, 0.1) is 21.3 Å². The number of aromatic nitrogens is 1. The molecular weight excluding hydrogens is 418 g/mol. The van der Waals surface area contributed by atoms with Crippen LogP contribution in [0.2, 0.25) is 0 Å². The van der Waals surface area contributed by atoms with E-state index in [0.29, 0.717) is 36.4 Å². The first-order chi connectivity index (χ1) is 16.0. The molecule has 0 atom stereocenters. The van der Waals surface area contributed by atoms with Gasteiger partial charge in [-0.1, -0.05) is 12.1 Å². The van der Waals surface area contributed by atoms with Crippen molar-refractivity contribution in [3.8, 4) is 17.2 Å². The normalized spacial score (nSPS) is 14.7. The fraction of sp³-hybridized carbons (Fsp3) is 0.423. The van der Waals surface area contributed by atoms with E-state index >= 15 is 0 Å². The van der Waals surface area contributed by atoms with E-state index in [-0.39, 0.29) is 5.91 Å². The van der Waals surface area contributed by atoms with Crippen molar-refractivity contribution in [1.29, 1.82) is 0 Å². The van der Waals surface area contributed by atoms with Gasteiger partial charge in [-0.05, 0) is 38.1 Å². The van der Waals surface area contributed by atoms with Gasteiger partial charge in [-0.25, -0.2) is 0 Å². The zero-order valence-corrected chi connectivity index (χ0v) is 20.1. The van der Waals surface area contributed by atoms with Crippen molar-refractivity contribution in [3.05, 3.63) is 53.7 Å². The second kappa shape index (κ2) is 9.75. The number of benzene rings is 2. The summed E-state index contributed by atoms with van der Waals surface area (Å²) in [4.78, 5) is 17.7. The van der Waals surface area contributed by atoms with Crippen LogP contribution in [0.1, 0.15) is 35.8 Å². The summed E-state index contributed by atoms with van der Waals surface area (Å²) in [5.74, 6) is 2.05. The number of fused-ring (bicyclic) bond motifs is 1. The van der Waals surface area contributed by atoms with Gasteiger partial charge in [0, 0.05) is 67.0 Å². The van der Waals surface area contributed by atoms with Crippen molar-refractivity contribution in [2.45, 2.75) is 26.4 Å². The van der Waals surface area contributed by atoms with Crippen molar-refractivity contribution in [3.63, 3.8) is 0 Å². The molecule has 2 heterocycles. The Kier molecular flexibility index (Phi) is 6.79. The highest BCUT2D eigenvalue weighted by Gasteiger charge is 2.25. The number of methoxy groups -OCH3 is 3. The topological polar surface area (TPSA) is 56.2 Å². The fourth-order valence-corrected chi connectivity index (χ4v) is 4.63. The molecule has 7 heteroatoms. The number of piperazine rings is 1. The van der Waals surface area contributed by atoms with E-state index in [4.69, 9.17) is 14.2 Å². The smallest absolute Gasteiger partial charge is 0.254 e. The van der Waals surface area contributed by atoms with Gasteiger partial charge in [-0.15, -0.1) is 0 Å². The van der Waals surface area contributed by atoms with Crippen LogP contribution in [-0.4, -0.2) is 67.8 Å². The highest BCUT2D eigenvalue weighted by molar-refractivity contribution is 6.06. The lowest BCUT2D eigenvalue weighted by Gasteiger charge is -2.35. The van der Waals surface area contributed by atoms with Gasteiger partial charge in [0.1, 0.15) is 0 Å². The number of hydrogen-bond acceptors (Lipinski definition) is 5. The van der Waals surface area contributed by atoms with E-state index in [1.807, 2.05) is 29.2 Å². The molecular formula is C26H33N3O4. The average Bonchev–Trinajstić information content (AvgIpc) is 3.28. The number of carbonyl (C=O) groups is 1. The third-order valence-corrected chi connectivity index (χ3v) is 6.39. The molecule has 0 N–H and O–H groups in total. The Morgan fingerprint density at radius 2 is 1.64 bits per heavy atom. The molecule has 1 aromatic heterocycles. The third kappa shape index (κ3) is 4.37. The van der Waals surface area contributed by atoms with Crippen LogP contribution in [0.4, 0.5) is 0 Å². The average molecular weight is 452 g/mol. The monoisotopic (exact) mass is 451 g/mol. The summed E-state index contributed by atoms with van der Waals surface area (Å²) in [6.45, 7) is 8.00. The SMILES string of the molecule is COc1ccc(CN2CCN(C(=O)c3cccc4c3ccn4C(C)C)CC2)c(OC)c1OC. The van der Waals surface area contributed by atoms with Gasteiger partial charge in [-0.2, -0.15) is 0 Å². The Balaban J connectivity index is 1.46. The quantitative estimate of drug-likeness (QED) is 0.539. The number of rotatable bonds is 7. The standard InChI is InChI=1S/C26H33N3O4/c1-18(2)29-12-11-20-21(7-6-8-22(20)29)26(30)28-15-13-27(14-16-28)17-19-9-10-23(31-3)25(33-5)24(19)32-4/h6-12,18H,13-17H2,1-5H3. The first-order valence-electron chi connectivity index (χ1n) is 11.4. The van der Waals surface area contributed by atoms with Crippen LogP contribution >= 0.6 is 0 Å². The minimum Gasteiger partial charge on any atom is -0.493 e. The molecule has 0 unspecified atom stereocenters. The van der Waals surface area contributed by atoms with Crippen molar-refractivity contribution < 1.29 is 19.0 Å². The van der Waals surface area contributed by atoms with E-state index < -0.39 is 0 Å². The highest BCUT2D eigenvalue weighted by atomic mass is 16.5. The van der Waals surface area contributed by atoms with Crippen molar-refractivity contribution in [2.24, 2.45) is 0 Å². The van der Waals surface area contributed by atoms with Gasteiger partial charge in [-0.3, -0.25) is 9.69 Å². The van der Waals surface area contributed by atoms with Gasteiger partial charge in [0.15, 0.2) is 11.5 Å². The fourth-order valence-electron chi connectivity index (χ4n) is 4.63. The predicted molar refractivity (Wildman–Crippen MR) is 130 cm³/mol. The summed E-state index contributed by atoms with van der Waals surface area (Å²) in [5.41, 5.74) is 2.92. The first kappa shape index (κ1) is 23.0. The lowest BCUT2D eigenvalue weighted by Crippen LogP contribution is -2.48. The molecule has 33 heavy (non-hydrogen) atoms. The van der Waals surface area contributed by atoms with Gasteiger partial charge >= 0.3 is 0 Å². The van der Waals surface area contributed by atoms with E-state index in [1.54, 1.807) is 21.3 Å². The van der Waals surface area contributed by atoms with E-state index in [2.05, 4.69) is 41.6 Å². The van der Waals surface area contributed by atoms with Crippen LogP contribution in [0.15, 0.2) is 42.6 Å². The molecule has 0 aliphatic carbocycles. The van der Waals surface area contributed by atoms with Crippen LogP contribution in [0.25, 0.3) is 10.9 Å². The molecule has 0 spiro atoms. The molecule has 0 bridgehead atoms. The van der Waals surface area contributed by atoms with Crippen molar-refractivity contribution >= 4 is 16.8 Å². The number of carbonyl (C=O) groups excluding carboxylic acids is 1. The van der Waals surface area contributed by atoms with Crippen LogP contribution < -0.4 is 14.2 Å². The maximum atomic E-state index is 13.4. The molecule has 2 aromatic carbocycles. The Morgan fingerprint density at radius 3 is 2.27 bits per heavy atom. The molecule has 7 nitrogen and oxygen atoms in total. The first-order valence-corrected chi connectivity index (χ1v) is 11.4. The number of ether oxygens (including phenoxy) is 3. The van der Waals surface area contributed by atoms with Crippen LogP contribution in [0.3, 0.4) is 0 Å². The summed E-state index contributed by atoms with van der Waals surface area (Å²) in [6, 6.07) is 12.3. The second-order valence-corrected chi connectivity index (χ2v) is 8.62. The van der Waals surface area contributed by atoms with Crippen LogP contribution in [0, 0.1) is 0 Å². The maximum Gasteiger partial charge on any atom is 0.254 e. The highest BCUT2D eigenvalue weighted by Crippen LogP contribution is 2.40. The van der Waals surface area contributed by atoms with Gasteiger partial charge < -0.3 is 23.7 Å². The largest absolute Gasteiger partial charge is 0.493 e. The van der Waals surface area contributed by atoms with E-state index in [9.17, 15) is 4.79 Å². The lowest BCUT2D eigenvalue weighted by atomic mass is 10.1. The second-order valence-electron chi connectivity index (χ2n) is 8.62. The summed E-state index contributed by atoms with van der Waals surface area (Å²) in [5, 5.41) is 1.02. The molecule has 3 aromatic rings. The number of hydrogen-bond donors (Lipinski definition) is 0. The van der Waals surface area contributed by atoms with Gasteiger partial charge in [0.25, 0.3) is 5.91 Å². The summed E-state index contributed by atoms with van der Waals surface area (Å²) in [6.07, 6.45) is 2.07. The van der Waals surface area contributed by atoms with Crippen LogP contribution in [0.5, 0.6) is 17.2 Å². The van der Waals surface area contributed by atoms with Gasteiger partial charge in [0.2, 0.25) is 5.75 Å². The molecule has 176 valence electrons. The predicted octanol–water partition coefficient (Wildman–Crippen LogP) is 4.21. The minimum absolute atomic E-state index is 0.102. The summed E-state index contributed by atoms with van der Waals surface area (Å²) < 4.78 is 18.7. The maximum absolute atomic E-state index is 13.4. The van der Waals surface area contributed by atoms with E-state index in [1.165, 1.54) is 0 Å². The molecule has 4 rings (SSSR count). The van der Waals surface area contributed by atoms with E-state index in [0.717, 1.165) is 41.7 Å². The Labute approximate surface area is 195 Å². The molecule has 1 aliphatic heterocycles.